The zero-order chi connectivity index (χ0) is 93.8. The van der Waals surface area contributed by atoms with Crippen molar-refractivity contribution in [3.63, 3.8) is 0 Å². The molecule has 8 rings (SSSR count). The van der Waals surface area contributed by atoms with Gasteiger partial charge in [-0.05, 0) is 110 Å². The van der Waals surface area contributed by atoms with E-state index in [0.29, 0.717) is 36.5 Å². The van der Waals surface area contributed by atoms with Gasteiger partial charge < -0.3 is 97.1 Å². The summed E-state index contributed by atoms with van der Waals surface area (Å²) in [7, 11) is -87.9. The summed E-state index contributed by atoms with van der Waals surface area (Å²) in [5.41, 5.74) is -0.500. The molecule has 0 spiro atoms. The van der Waals surface area contributed by atoms with Gasteiger partial charge in [0.1, 0.15) is 73.2 Å². The van der Waals surface area contributed by atoms with Gasteiger partial charge in [0.15, 0.2) is 49.6 Å². The summed E-state index contributed by atoms with van der Waals surface area (Å²) in [6, 6.07) is 0. The van der Waals surface area contributed by atoms with E-state index in [4.69, 9.17) is 37.9 Å². The maximum absolute atomic E-state index is 13.0. The fraction of sp³-hybridized carbons (Fsp3) is 1.00. The third-order valence-corrected chi connectivity index (χ3v) is 27.8. The number of fused-ring (bicyclic) bond motifs is 5. The molecule has 4 unspecified atom stereocenters. The van der Waals surface area contributed by atoms with E-state index in [1.807, 2.05) is 6.92 Å². The quantitative estimate of drug-likeness (QED) is 0.0311. The third kappa shape index (κ3) is 31.8. The molecular formula is C51H75O60S13-13. The van der Waals surface area contributed by atoms with Crippen LogP contribution in [0.5, 0.6) is 0 Å². The lowest BCUT2D eigenvalue weighted by molar-refractivity contribution is -0.380. The van der Waals surface area contributed by atoms with Gasteiger partial charge >= 0.3 is 0 Å². The molecule has 8 aliphatic rings. The normalized spacial score (nSPS) is 37.1. The van der Waals surface area contributed by atoms with Gasteiger partial charge in [-0.1, -0.05) is 53.9 Å². The maximum atomic E-state index is 13.0. The van der Waals surface area contributed by atoms with Crippen LogP contribution in [0.1, 0.15) is 112 Å². The molecule has 60 nitrogen and oxygen atoms in total. The van der Waals surface area contributed by atoms with E-state index in [-0.39, 0.29) is 42.4 Å². The Morgan fingerprint density at radius 1 is 0.298 bits per heavy atom. The van der Waals surface area contributed by atoms with Gasteiger partial charge in [-0.2, -0.15) is 0 Å². The predicted octanol–water partition coefficient (Wildman–Crippen LogP) is -7.94. The van der Waals surface area contributed by atoms with Crippen molar-refractivity contribution in [3.8, 4) is 0 Å². The molecule has 0 bridgehead atoms. The van der Waals surface area contributed by atoms with Gasteiger partial charge in [-0.3, -0.25) is 54.4 Å². The lowest BCUT2D eigenvalue weighted by atomic mass is 9.44. The molecule has 0 N–H and O–H groups in total. The molecule has 0 amide bonds. The molecular weight excluding hydrogens is 1990 g/mol. The molecule has 4 saturated heterocycles. The van der Waals surface area contributed by atoms with Gasteiger partial charge in [0.2, 0.25) is 135 Å². The van der Waals surface area contributed by atoms with E-state index in [2.05, 4.69) is 82.1 Å². The molecule has 0 aromatic heterocycles. The minimum absolute atomic E-state index is 0.00996. The second kappa shape index (κ2) is 39.9. The number of hydrogen-bond acceptors (Lipinski definition) is 60. The fourth-order valence-electron chi connectivity index (χ4n) is 17.8. The molecule has 0 aromatic carbocycles. The topological polar surface area (TPSA) is 937 Å². The first kappa shape index (κ1) is 107. The molecule has 8 fully saturated rings. The van der Waals surface area contributed by atoms with Crippen LogP contribution in [0.25, 0.3) is 0 Å². The van der Waals surface area contributed by atoms with Crippen molar-refractivity contribution in [2.75, 3.05) is 26.4 Å². The second-order valence-electron chi connectivity index (χ2n) is 30.2. The minimum atomic E-state index is -7.13. The Kier molecular flexibility index (Phi) is 34.5. The van der Waals surface area contributed by atoms with Gasteiger partial charge in [0.05, 0.1) is 32.5 Å². The summed E-state index contributed by atoms with van der Waals surface area (Å²) >= 11 is 0. The van der Waals surface area contributed by atoms with Crippen LogP contribution in [0, 0.1) is 52.3 Å². The molecule has 29 atom stereocenters. The average molecular weight is 2060 g/mol. The third-order valence-electron chi connectivity index (χ3n) is 22.0. The van der Waals surface area contributed by atoms with E-state index in [9.17, 15) is 169 Å². The largest absolute Gasteiger partial charge is 0.726 e. The molecule has 730 valence electrons. The Morgan fingerprint density at radius 3 is 0.879 bits per heavy atom. The number of rotatable bonds is 43. The van der Waals surface area contributed by atoms with Crippen molar-refractivity contribution in [2.24, 2.45) is 52.3 Å². The molecule has 4 heterocycles. The van der Waals surface area contributed by atoms with Crippen molar-refractivity contribution < 1.29 is 261 Å². The van der Waals surface area contributed by atoms with Gasteiger partial charge in [-0.15, -0.1) is 0 Å². The van der Waals surface area contributed by atoms with Crippen molar-refractivity contribution >= 4 is 135 Å². The van der Waals surface area contributed by atoms with Crippen LogP contribution in [0.15, 0.2) is 0 Å². The van der Waals surface area contributed by atoms with E-state index >= 15 is 0 Å². The Morgan fingerprint density at radius 2 is 0.573 bits per heavy atom. The molecule has 0 radical (unpaired) electrons. The second-order valence-corrected chi connectivity index (χ2v) is 43.5. The average Bonchev–Trinajstić information content (AvgIpc) is 1.47. The first-order chi connectivity index (χ1) is 55.9. The van der Waals surface area contributed by atoms with E-state index < -0.39 is 296 Å². The lowest BCUT2D eigenvalue weighted by Crippen LogP contribution is -2.69. The number of ether oxygens (including phenoxy) is 8. The highest BCUT2D eigenvalue weighted by molar-refractivity contribution is 7.83. The summed E-state index contributed by atoms with van der Waals surface area (Å²) in [5.74, 6) is 1.67. The van der Waals surface area contributed by atoms with Crippen molar-refractivity contribution in [1.82, 2.24) is 0 Å². The zero-order valence-corrected chi connectivity index (χ0v) is 73.9. The van der Waals surface area contributed by atoms with Crippen LogP contribution in [0.3, 0.4) is 0 Å². The van der Waals surface area contributed by atoms with Crippen LogP contribution in [0.4, 0.5) is 0 Å². The summed E-state index contributed by atoms with van der Waals surface area (Å²) in [6.45, 7) is 1.40. The smallest absolute Gasteiger partial charge is 0.218 e. The first-order valence-corrected chi connectivity index (χ1v) is 52.7. The number of hydrogen-bond donors (Lipinski definition) is 0. The van der Waals surface area contributed by atoms with Crippen LogP contribution >= 0.6 is 0 Å². The van der Waals surface area contributed by atoms with Gasteiger partial charge in [0.25, 0.3) is 0 Å². The molecule has 4 aliphatic carbocycles. The monoisotopic (exact) mass is 2060 g/mol. The summed E-state index contributed by atoms with van der Waals surface area (Å²) in [5, 5.41) is 0. The summed E-state index contributed by atoms with van der Waals surface area (Å²) < 4.78 is 585. The van der Waals surface area contributed by atoms with Crippen LogP contribution in [-0.4, -0.2) is 324 Å². The summed E-state index contributed by atoms with van der Waals surface area (Å²) in [4.78, 5) is 0. The molecule has 4 aliphatic heterocycles. The molecule has 0 aromatic rings. The van der Waals surface area contributed by atoms with Gasteiger partial charge in [0, 0.05) is 0 Å². The summed E-state index contributed by atoms with van der Waals surface area (Å²) in [6.07, 6.45) is -67.5. The lowest BCUT2D eigenvalue weighted by Gasteiger charge is -2.61. The van der Waals surface area contributed by atoms with Crippen molar-refractivity contribution in [2.45, 2.75) is 241 Å². The Balaban J connectivity index is 1.25. The Bertz CT molecular complexity index is 5310. The Hall–Kier alpha value is -2.01. The highest BCUT2D eigenvalue weighted by Gasteiger charge is 2.65. The standard InChI is InChI=1S/C51H88O60S13/c1-22(2)7-6-8-23(3)27-11-12-28-26-10-9-24-17-25(13-15-50(24,4)29(26)14-16-51(27,28)5)95-46-42(108-121(79,80)81)38(104-117(67,68)69)34(30(96-46)18-91-112(52,53)54)100-47-43(109-122(82,83)84)39(105-118(70,71)72)35(31(97-47)19-92-113(55,56)57)101-48-44(110-123(85,86)87)40(106-119(73,74)75)36(32(98-48)20-93-114(58,59)60)102-49-45(111-124(88,89)90)41(107-120(76,77)78)37(103-116(64,65)66)33(99-49)21-94-115(61,62)63/h22-49H,6-21H2,1-5H3,(H,52,53,54)(H,55,56,57)(H,58,59,60)(H,61,62,63)(H,64,65,66)(H,67,68,69)(H,70,71,72)(H,73,74,75)(H,76,77,78)(H,79,80,81)(H,82,83,84)(H,85,86,87)(H,88,89,90)/p-13/t23-,24?,25+,26?,27-,28?,29?,30-,31-,32-,33-,34-,35-,36-,37-,38+,39+,40+,41+,42-,43-,44-,45-,46-,47-,48-,49-,50+,51-/m1/s1. The van der Waals surface area contributed by atoms with Crippen molar-refractivity contribution in [3.05, 3.63) is 0 Å². The SMILES string of the molecule is CC(C)CCC[C@@H](C)[C@H]1CCC2C3CCC4C[C@@H](O[C@@H]5O[C@H](COS(=O)(=O)[O-])[C@@H](O[C@H]6O[C@H](COS(=O)(=O)[O-])[C@@H](O[C@H]7O[C@H](COS(=O)(=O)[O-])[C@@H](O[C@H]8O[C@H](COS(=O)(=O)[O-])[C@@H](OS(=O)(=O)[O-])[C@H](OS(=O)(=O)[O-])[C@H]8OS(=O)(=O)[O-])[C@H](OS(=O)(=O)[O-])[C@H]7OS(=O)(=O)[O-])[C@H](OS(=O)(=O)[O-])[C@H]6OS(=O)(=O)[O-])[C@H](OS(=O)(=O)[O-])[C@H]5OS(=O)(=O)[O-])CC[C@]4(C)C3CC[C@@]21C. The maximum Gasteiger partial charge on any atom is 0.218 e. The highest BCUT2D eigenvalue weighted by atomic mass is 32.3. The van der Waals surface area contributed by atoms with Crippen LogP contribution < -0.4 is 0 Å². The molecule has 73 heteroatoms. The van der Waals surface area contributed by atoms with Crippen LogP contribution in [-0.2, 0) is 227 Å². The van der Waals surface area contributed by atoms with Crippen LogP contribution in [0.2, 0.25) is 0 Å². The Labute approximate surface area is 710 Å². The van der Waals surface area contributed by atoms with E-state index in [1.54, 1.807) is 0 Å². The molecule has 124 heavy (non-hydrogen) atoms. The van der Waals surface area contributed by atoms with Crippen molar-refractivity contribution in [1.29, 1.82) is 0 Å². The zero-order valence-electron chi connectivity index (χ0n) is 63.3. The predicted molar refractivity (Wildman–Crippen MR) is 361 cm³/mol. The fourth-order valence-corrected chi connectivity index (χ4v) is 23.4. The highest BCUT2D eigenvalue weighted by Crippen LogP contribution is 2.69. The van der Waals surface area contributed by atoms with E-state index in [0.717, 1.165) is 44.9 Å². The van der Waals surface area contributed by atoms with Gasteiger partial charge in [-0.25, -0.2) is 109 Å². The molecule has 4 saturated carbocycles. The first-order valence-electron chi connectivity index (χ1n) is 35.4. The van der Waals surface area contributed by atoms with E-state index in [1.165, 1.54) is 0 Å². The minimum Gasteiger partial charge on any atom is -0.726 e.